The summed E-state index contributed by atoms with van der Waals surface area (Å²) in [4.78, 5) is 15.8. The number of hydrogen-bond donors (Lipinski definition) is 1. The van der Waals surface area contributed by atoms with Crippen molar-refractivity contribution in [2.45, 2.75) is 13.3 Å². The van der Waals surface area contributed by atoms with E-state index in [9.17, 15) is 4.79 Å². The van der Waals surface area contributed by atoms with Crippen LogP contribution in [0.3, 0.4) is 0 Å². The van der Waals surface area contributed by atoms with E-state index in [0.717, 1.165) is 17.8 Å². The van der Waals surface area contributed by atoms with Gasteiger partial charge in [-0.2, -0.15) is 0 Å². The van der Waals surface area contributed by atoms with Crippen LogP contribution in [0.15, 0.2) is 43.0 Å². The Hall–Kier alpha value is -2.10. The molecule has 2 atom stereocenters. The summed E-state index contributed by atoms with van der Waals surface area (Å²) >= 11 is 0. The number of amides is 1. The van der Waals surface area contributed by atoms with Crippen LogP contribution in [-0.2, 0) is 4.79 Å². The Balaban J connectivity index is 1.69. The second kappa shape index (κ2) is 4.29. The van der Waals surface area contributed by atoms with Crippen molar-refractivity contribution < 1.29 is 4.79 Å². The molecule has 1 aliphatic carbocycles. The summed E-state index contributed by atoms with van der Waals surface area (Å²) in [6.45, 7) is 2.10. The van der Waals surface area contributed by atoms with Crippen molar-refractivity contribution in [3.05, 3.63) is 43.0 Å². The molecule has 1 heterocycles. The second-order valence-corrected chi connectivity index (χ2v) is 4.83. The van der Waals surface area contributed by atoms with Gasteiger partial charge in [-0.1, -0.05) is 6.92 Å². The minimum Gasteiger partial charge on any atom is -0.326 e. The van der Waals surface area contributed by atoms with Crippen molar-refractivity contribution in [3.63, 3.8) is 0 Å². The van der Waals surface area contributed by atoms with Crippen molar-refractivity contribution in [1.82, 2.24) is 9.55 Å². The third kappa shape index (κ3) is 2.14. The lowest BCUT2D eigenvalue weighted by Crippen LogP contribution is -2.14. The molecule has 1 saturated carbocycles. The van der Waals surface area contributed by atoms with Crippen LogP contribution in [0.25, 0.3) is 5.69 Å². The Labute approximate surface area is 106 Å². The van der Waals surface area contributed by atoms with Crippen molar-refractivity contribution in [2.24, 2.45) is 11.8 Å². The predicted molar refractivity (Wildman–Crippen MR) is 69.5 cm³/mol. The van der Waals surface area contributed by atoms with Crippen LogP contribution < -0.4 is 5.32 Å². The highest BCUT2D eigenvalue weighted by Crippen LogP contribution is 2.38. The lowest BCUT2D eigenvalue weighted by Gasteiger charge is -2.06. The van der Waals surface area contributed by atoms with Crippen LogP contribution >= 0.6 is 0 Å². The molecule has 4 heteroatoms. The van der Waals surface area contributed by atoms with Gasteiger partial charge in [0.15, 0.2) is 0 Å². The average molecular weight is 241 g/mol. The highest BCUT2D eigenvalue weighted by atomic mass is 16.2. The van der Waals surface area contributed by atoms with E-state index in [-0.39, 0.29) is 11.8 Å². The fourth-order valence-electron chi connectivity index (χ4n) is 2.05. The molecule has 92 valence electrons. The maximum absolute atomic E-state index is 11.8. The van der Waals surface area contributed by atoms with E-state index in [2.05, 4.69) is 17.2 Å². The Morgan fingerprint density at radius 2 is 2.11 bits per heavy atom. The van der Waals surface area contributed by atoms with E-state index in [1.807, 2.05) is 35.0 Å². The highest BCUT2D eigenvalue weighted by Gasteiger charge is 2.38. The van der Waals surface area contributed by atoms with Gasteiger partial charge in [-0.3, -0.25) is 4.79 Å². The molecular formula is C14H15N3O. The number of nitrogens with one attached hydrogen (secondary N) is 1. The van der Waals surface area contributed by atoms with E-state index in [1.54, 1.807) is 12.5 Å². The SMILES string of the molecule is CC1CC1C(=O)Nc1ccc(-n2ccnc2)cc1. The van der Waals surface area contributed by atoms with E-state index in [1.165, 1.54) is 0 Å². The van der Waals surface area contributed by atoms with Gasteiger partial charge in [0.05, 0.1) is 6.33 Å². The molecule has 2 aromatic rings. The number of carbonyl (C=O) groups excluding carboxylic acids is 1. The first-order chi connectivity index (χ1) is 8.74. The number of hydrogen-bond acceptors (Lipinski definition) is 2. The zero-order valence-corrected chi connectivity index (χ0v) is 10.2. The van der Waals surface area contributed by atoms with Crippen molar-refractivity contribution >= 4 is 11.6 Å². The van der Waals surface area contributed by atoms with Crippen molar-refractivity contribution in [3.8, 4) is 5.69 Å². The molecule has 1 fully saturated rings. The maximum Gasteiger partial charge on any atom is 0.227 e. The van der Waals surface area contributed by atoms with Crippen molar-refractivity contribution in [1.29, 1.82) is 0 Å². The molecule has 3 rings (SSSR count). The number of aromatic nitrogens is 2. The van der Waals surface area contributed by atoms with Gasteiger partial charge in [0.2, 0.25) is 5.91 Å². The molecule has 1 aromatic carbocycles. The smallest absolute Gasteiger partial charge is 0.227 e. The minimum atomic E-state index is 0.137. The standard InChI is InChI=1S/C14H15N3O/c1-10-8-13(10)14(18)16-11-2-4-12(5-3-11)17-7-6-15-9-17/h2-7,9-10,13H,8H2,1H3,(H,16,18). The molecule has 1 aromatic heterocycles. The second-order valence-electron chi connectivity index (χ2n) is 4.83. The van der Waals surface area contributed by atoms with Crippen LogP contribution in [0, 0.1) is 11.8 Å². The van der Waals surface area contributed by atoms with Crippen LogP contribution in [0.2, 0.25) is 0 Å². The van der Waals surface area contributed by atoms with Gasteiger partial charge >= 0.3 is 0 Å². The summed E-state index contributed by atoms with van der Waals surface area (Å²) in [5.41, 5.74) is 1.88. The maximum atomic E-state index is 11.8. The molecule has 18 heavy (non-hydrogen) atoms. The molecule has 0 aliphatic heterocycles. The molecule has 0 spiro atoms. The monoisotopic (exact) mass is 241 g/mol. The zero-order chi connectivity index (χ0) is 12.5. The fourth-order valence-corrected chi connectivity index (χ4v) is 2.05. The first-order valence-corrected chi connectivity index (χ1v) is 6.13. The van der Waals surface area contributed by atoms with Gasteiger partial charge in [-0.15, -0.1) is 0 Å². The van der Waals surface area contributed by atoms with Gasteiger partial charge < -0.3 is 9.88 Å². The normalized spacial score (nSPS) is 21.6. The lowest BCUT2D eigenvalue weighted by molar-refractivity contribution is -0.117. The number of nitrogens with zero attached hydrogens (tertiary/aromatic N) is 2. The van der Waals surface area contributed by atoms with Gasteiger partial charge in [-0.05, 0) is 36.6 Å². The van der Waals surface area contributed by atoms with Crippen molar-refractivity contribution in [2.75, 3.05) is 5.32 Å². The molecule has 4 nitrogen and oxygen atoms in total. The topological polar surface area (TPSA) is 46.9 Å². The molecule has 0 bridgehead atoms. The first kappa shape index (κ1) is 11.0. The van der Waals surface area contributed by atoms with Gasteiger partial charge in [-0.25, -0.2) is 4.98 Å². The molecule has 1 N–H and O–H groups in total. The predicted octanol–water partition coefficient (Wildman–Crippen LogP) is 2.47. The largest absolute Gasteiger partial charge is 0.326 e. The molecule has 0 saturated heterocycles. The summed E-state index contributed by atoms with van der Waals surface area (Å²) in [5.74, 6) is 0.881. The van der Waals surface area contributed by atoms with Gasteiger partial charge in [0, 0.05) is 29.7 Å². The summed E-state index contributed by atoms with van der Waals surface area (Å²) < 4.78 is 1.93. The minimum absolute atomic E-state index is 0.137. The van der Waals surface area contributed by atoms with Crippen LogP contribution in [0.4, 0.5) is 5.69 Å². The Morgan fingerprint density at radius 3 is 2.67 bits per heavy atom. The van der Waals surface area contributed by atoms with Gasteiger partial charge in [0.25, 0.3) is 0 Å². The average Bonchev–Trinajstić information content (AvgIpc) is 2.91. The molecule has 1 aliphatic rings. The quantitative estimate of drug-likeness (QED) is 0.897. The van der Waals surface area contributed by atoms with E-state index in [0.29, 0.717) is 5.92 Å². The number of anilines is 1. The third-order valence-corrected chi connectivity index (χ3v) is 3.38. The zero-order valence-electron chi connectivity index (χ0n) is 10.2. The first-order valence-electron chi connectivity index (χ1n) is 6.13. The summed E-state index contributed by atoms with van der Waals surface area (Å²) in [6, 6.07) is 7.77. The lowest BCUT2D eigenvalue weighted by atomic mass is 10.2. The molecule has 2 unspecified atom stereocenters. The number of benzene rings is 1. The highest BCUT2D eigenvalue weighted by molar-refractivity contribution is 5.94. The summed E-state index contributed by atoms with van der Waals surface area (Å²) in [7, 11) is 0. The van der Waals surface area contributed by atoms with Crippen LogP contribution in [0.1, 0.15) is 13.3 Å². The Kier molecular flexibility index (Phi) is 2.63. The molecular weight excluding hydrogens is 226 g/mol. The van der Waals surface area contributed by atoms with Gasteiger partial charge in [0.1, 0.15) is 0 Å². The summed E-state index contributed by atoms with van der Waals surface area (Å²) in [6.07, 6.45) is 6.39. The number of rotatable bonds is 3. The number of imidazole rings is 1. The molecule has 0 radical (unpaired) electrons. The Bertz CT molecular complexity index is 545. The van der Waals surface area contributed by atoms with Crippen LogP contribution in [-0.4, -0.2) is 15.5 Å². The summed E-state index contributed by atoms with van der Waals surface area (Å²) in [5, 5.41) is 2.94. The Morgan fingerprint density at radius 1 is 1.39 bits per heavy atom. The van der Waals surface area contributed by atoms with E-state index < -0.39 is 0 Å². The fraction of sp³-hybridized carbons (Fsp3) is 0.286. The van der Waals surface area contributed by atoms with E-state index in [4.69, 9.17) is 0 Å². The van der Waals surface area contributed by atoms with E-state index >= 15 is 0 Å². The van der Waals surface area contributed by atoms with Crippen LogP contribution in [0.5, 0.6) is 0 Å². The third-order valence-electron chi connectivity index (χ3n) is 3.38. The number of carbonyl (C=O) groups is 1. The molecule has 1 amide bonds.